The van der Waals surface area contributed by atoms with Gasteiger partial charge < -0.3 is 14.2 Å². The summed E-state index contributed by atoms with van der Waals surface area (Å²) in [6.45, 7) is 0. The van der Waals surface area contributed by atoms with Crippen LogP contribution in [0.1, 0.15) is 5.89 Å². The zero-order chi connectivity index (χ0) is 10.2. The first-order chi connectivity index (χ1) is 6.54. The average Bonchev–Trinajstić information content (AvgIpc) is 2.42. The van der Waals surface area contributed by atoms with E-state index in [1.165, 1.54) is 0 Å². The van der Waals surface area contributed by atoms with Crippen molar-refractivity contribution in [2.75, 3.05) is 0 Å². The fraction of sp³-hybridized carbons (Fsp3) is 0.125. The van der Waals surface area contributed by atoms with Crippen molar-refractivity contribution in [2.24, 2.45) is 0 Å². The third kappa shape index (κ3) is 2.01. The summed E-state index contributed by atoms with van der Waals surface area (Å²) in [6, 6.07) is 6.98. The maximum absolute atomic E-state index is 10.7. The number of hydrogen-bond acceptors (Lipinski definition) is 3. The molecule has 0 aliphatic heterocycles. The number of fused-ring (bicyclic) bond motifs is 1. The van der Waals surface area contributed by atoms with Gasteiger partial charge in [0, 0.05) is 0 Å². The second-order valence-corrected chi connectivity index (χ2v) is 4.54. The van der Waals surface area contributed by atoms with Crippen molar-refractivity contribution >= 4 is 18.7 Å². The summed E-state index contributed by atoms with van der Waals surface area (Å²) in [5, 5.41) is 0. The number of aromatic nitrogens is 1. The first kappa shape index (κ1) is 9.40. The van der Waals surface area contributed by atoms with Gasteiger partial charge in [-0.1, -0.05) is 12.1 Å². The maximum Gasteiger partial charge on any atom is 0.334 e. The van der Waals surface area contributed by atoms with Crippen molar-refractivity contribution in [3.05, 3.63) is 30.2 Å². The van der Waals surface area contributed by atoms with Crippen LogP contribution in [-0.4, -0.2) is 14.8 Å². The lowest BCUT2D eigenvalue weighted by Gasteiger charge is -1.97. The second kappa shape index (κ2) is 3.20. The highest BCUT2D eigenvalue weighted by Gasteiger charge is 2.18. The first-order valence-electron chi connectivity index (χ1n) is 3.94. The molecule has 1 aromatic heterocycles. The Hall–Kier alpha value is -1.16. The van der Waals surface area contributed by atoms with Crippen LogP contribution in [0.4, 0.5) is 0 Å². The number of rotatable bonds is 2. The van der Waals surface area contributed by atoms with E-state index in [1.807, 2.05) is 0 Å². The topological polar surface area (TPSA) is 83.6 Å². The normalized spacial score (nSPS) is 12.1. The minimum Gasteiger partial charge on any atom is -0.440 e. The largest absolute Gasteiger partial charge is 0.440 e. The van der Waals surface area contributed by atoms with Crippen molar-refractivity contribution in [3.8, 4) is 0 Å². The molecule has 0 unspecified atom stereocenters. The van der Waals surface area contributed by atoms with E-state index in [2.05, 4.69) is 4.98 Å². The Balaban J connectivity index is 2.41. The van der Waals surface area contributed by atoms with Gasteiger partial charge >= 0.3 is 7.60 Å². The molecule has 1 heterocycles. The fourth-order valence-corrected chi connectivity index (χ4v) is 1.65. The number of benzene rings is 1. The van der Waals surface area contributed by atoms with E-state index in [0.717, 1.165) is 0 Å². The molecule has 0 saturated carbocycles. The minimum absolute atomic E-state index is 0.0690. The number of oxazole rings is 1. The predicted molar refractivity (Wildman–Crippen MR) is 49.8 cm³/mol. The van der Waals surface area contributed by atoms with Gasteiger partial charge in [-0.3, -0.25) is 4.57 Å². The van der Waals surface area contributed by atoms with Crippen molar-refractivity contribution in [1.82, 2.24) is 4.98 Å². The molecule has 5 nitrogen and oxygen atoms in total. The van der Waals surface area contributed by atoms with Gasteiger partial charge in [-0.15, -0.1) is 0 Å². The monoisotopic (exact) mass is 213 g/mol. The van der Waals surface area contributed by atoms with Crippen molar-refractivity contribution < 1.29 is 18.8 Å². The van der Waals surface area contributed by atoms with E-state index >= 15 is 0 Å². The molecule has 2 N–H and O–H groups in total. The molecule has 74 valence electrons. The summed E-state index contributed by atoms with van der Waals surface area (Å²) < 4.78 is 15.8. The first-order valence-corrected chi connectivity index (χ1v) is 5.73. The highest BCUT2D eigenvalue weighted by atomic mass is 31.2. The van der Waals surface area contributed by atoms with Gasteiger partial charge in [0.2, 0.25) is 5.89 Å². The Bertz CT molecular complexity index is 468. The molecular formula is C8H8NO4P. The Kier molecular flexibility index (Phi) is 2.15. The Morgan fingerprint density at radius 3 is 2.71 bits per heavy atom. The molecule has 1 aromatic carbocycles. The summed E-state index contributed by atoms with van der Waals surface area (Å²) in [5.41, 5.74) is 1.15. The van der Waals surface area contributed by atoms with E-state index in [4.69, 9.17) is 14.2 Å². The standard InChI is InChI=1S/C8H8NO4P/c10-14(11,12)5-8-9-6-3-1-2-4-7(6)13-8/h1-4H,5H2,(H2,10,11,12). The molecule has 2 rings (SSSR count). The number of hydrogen-bond donors (Lipinski definition) is 2. The lowest BCUT2D eigenvalue weighted by atomic mass is 10.3. The summed E-state index contributed by atoms with van der Waals surface area (Å²) in [7, 11) is -4.10. The zero-order valence-corrected chi connectivity index (χ0v) is 8.02. The van der Waals surface area contributed by atoms with Crippen LogP contribution >= 0.6 is 7.60 Å². The second-order valence-electron chi connectivity index (χ2n) is 2.90. The van der Waals surface area contributed by atoms with Gasteiger partial charge in [0.1, 0.15) is 11.7 Å². The van der Waals surface area contributed by atoms with E-state index in [-0.39, 0.29) is 5.89 Å². The molecule has 0 radical (unpaired) electrons. The molecule has 0 aliphatic rings. The molecular weight excluding hydrogens is 205 g/mol. The van der Waals surface area contributed by atoms with Crippen LogP contribution in [0.15, 0.2) is 28.7 Å². The Labute approximate surface area is 79.5 Å². The number of para-hydroxylation sites is 2. The van der Waals surface area contributed by atoms with Gasteiger partial charge in [-0.2, -0.15) is 0 Å². The molecule has 0 saturated heterocycles. The molecule has 0 aliphatic carbocycles. The highest BCUT2D eigenvalue weighted by Crippen LogP contribution is 2.39. The average molecular weight is 213 g/mol. The van der Waals surface area contributed by atoms with Crippen LogP contribution in [0, 0.1) is 0 Å². The summed E-state index contributed by atoms with van der Waals surface area (Å²) in [6.07, 6.45) is -0.457. The summed E-state index contributed by atoms with van der Waals surface area (Å²) >= 11 is 0. The van der Waals surface area contributed by atoms with Crippen LogP contribution in [0.3, 0.4) is 0 Å². The van der Waals surface area contributed by atoms with Crippen molar-refractivity contribution in [3.63, 3.8) is 0 Å². The van der Waals surface area contributed by atoms with Crippen molar-refractivity contribution in [2.45, 2.75) is 6.16 Å². The SMILES string of the molecule is O=P(O)(O)Cc1nc2ccccc2o1. The van der Waals surface area contributed by atoms with Crippen LogP contribution in [0.2, 0.25) is 0 Å². The molecule has 0 fully saturated rings. The highest BCUT2D eigenvalue weighted by molar-refractivity contribution is 7.50. The van der Waals surface area contributed by atoms with E-state index in [0.29, 0.717) is 11.1 Å². The van der Waals surface area contributed by atoms with Crippen LogP contribution < -0.4 is 0 Å². The minimum atomic E-state index is -4.10. The smallest absolute Gasteiger partial charge is 0.334 e. The number of nitrogens with zero attached hydrogens (tertiary/aromatic N) is 1. The third-order valence-corrected chi connectivity index (χ3v) is 2.36. The quantitative estimate of drug-likeness (QED) is 0.738. The van der Waals surface area contributed by atoms with Gasteiger partial charge in [-0.25, -0.2) is 4.98 Å². The van der Waals surface area contributed by atoms with Crippen molar-refractivity contribution in [1.29, 1.82) is 0 Å². The zero-order valence-electron chi connectivity index (χ0n) is 7.12. The molecule has 0 spiro atoms. The molecule has 14 heavy (non-hydrogen) atoms. The van der Waals surface area contributed by atoms with Gasteiger partial charge in [0.25, 0.3) is 0 Å². The van der Waals surface area contributed by atoms with E-state index in [1.54, 1.807) is 24.3 Å². The molecule has 2 aromatic rings. The predicted octanol–water partition coefficient (Wildman–Crippen LogP) is 1.51. The van der Waals surface area contributed by atoms with E-state index in [9.17, 15) is 4.57 Å². The molecule has 6 heteroatoms. The van der Waals surface area contributed by atoms with Gasteiger partial charge in [0.15, 0.2) is 5.58 Å². The fourth-order valence-electron chi connectivity index (χ4n) is 1.16. The van der Waals surface area contributed by atoms with Crippen LogP contribution in [0.5, 0.6) is 0 Å². The molecule has 0 atom stereocenters. The molecule has 0 bridgehead atoms. The Morgan fingerprint density at radius 2 is 2.07 bits per heavy atom. The lowest BCUT2D eigenvalue weighted by Crippen LogP contribution is -1.85. The maximum atomic E-state index is 10.7. The van der Waals surface area contributed by atoms with Gasteiger partial charge in [-0.05, 0) is 12.1 Å². The Morgan fingerprint density at radius 1 is 1.36 bits per heavy atom. The summed E-state index contributed by atoms with van der Waals surface area (Å²) in [4.78, 5) is 21.4. The third-order valence-electron chi connectivity index (χ3n) is 1.68. The van der Waals surface area contributed by atoms with Gasteiger partial charge in [0.05, 0.1) is 0 Å². The van der Waals surface area contributed by atoms with Crippen LogP contribution in [-0.2, 0) is 10.7 Å². The summed E-state index contributed by atoms with van der Waals surface area (Å²) in [5.74, 6) is 0.0690. The van der Waals surface area contributed by atoms with E-state index < -0.39 is 13.8 Å². The lowest BCUT2D eigenvalue weighted by molar-refractivity contribution is 0.365. The molecule has 0 amide bonds. The van der Waals surface area contributed by atoms with Crippen LogP contribution in [0.25, 0.3) is 11.1 Å².